The number of piperazine rings is 1. The van der Waals surface area contributed by atoms with E-state index >= 15 is 0 Å². The average Bonchev–Trinajstić information content (AvgIpc) is 3.12. The summed E-state index contributed by atoms with van der Waals surface area (Å²) in [6, 6.07) is 15.4. The fourth-order valence-corrected chi connectivity index (χ4v) is 4.03. The molecule has 2 fully saturated rings. The van der Waals surface area contributed by atoms with E-state index < -0.39 is 18.0 Å². The van der Waals surface area contributed by atoms with Crippen molar-refractivity contribution >= 4 is 29.6 Å². The molecule has 2 aliphatic rings. The van der Waals surface area contributed by atoms with Crippen LogP contribution in [0.2, 0.25) is 0 Å². The Labute approximate surface area is 193 Å². The number of methoxy groups -OCH3 is 1. The van der Waals surface area contributed by atoms with E-state index in [1.54, 1.807) is 36.3 Å². The minimum absolute atomic E-state index is 0.0366. The number of amides is 4. The lowest BCUT2D eigenvalue weighted by Gasteiger charge is -2.34. The number of anilines is 1. The molecule has 0 bridgehead atoms. The van der Waals surface area contributed by atoms with E-state index in [0.29, 0.717) is 24.5 Å². The van der Waals surface area contributed by atoms with Crippen LogP contribution in [0.25, 0.3) is 6.08 Å². The van der Waals surface area contributed by atoms with Crippen molar-refractivity contribution in [1.29, 1.82) is 0 Å². The van der Waals surface area contributed by atoms with Gasteiger partial charge in [-0.05, 0) is 29.8 Å². The molecular weight excluding hydrogens is 420 g/mol. The molecular formula is C25H28N4O4. The SMILES string of the molecule is COc1ccc(N2C(=O)N[C@@H](CC(=O)N3CCN(CC=Cc4ccccc4)CC3)C2=O)cc1. The second-order valence-corrected chi connectivity index (χ2v) is 8.07. The molecule has 2 aliphatic heterocycles. The van der Waals surface area contributed by atoms with Crippen molar-refractivity contribution in [1.82, 2.24) is 15.1 Å². The molecule has 0 radical (unpaired) electrons. The number of ether oxygens (including phenoxy) is 1. The normalized spacial score (nSPS) is 19.2. The van der Waals surface area contributed by atoms with Crippen LogP contribution in [-0.4, -0.2) is 73.5 Å². The van der Waals surface area contributed by atoms with E-state index in [0.717, 1.165) is 24.5 Å². The molecule has 1 atom stereocenters. The zero-order valence-corrected chi connectivity index (χ0v) is 18.6. The van der Waals surface area contributed by atoms with Gasteiger partial charge in [0.15, 0.2) is 0 Å². The molecule has 0 unspecified atom stereocenters. The Morgan fingerprint density at radius 1 is 1.03 bits per heavy atom. The molecule has 4 rings (SSSR count). The highest BCUT2D eigenvalue weighted by molar-refractivity contribution is 6.22. The number of urea groups is 1. The Morgan fingerprint density at radius 2 is 1.73 bits per heavy atom. The number of rotatable bonds is 7. The van der Waals surface area contributed by atoms with Gasteiger partial charge >= 0.3 is 6.03 Å². The van der Waals surface area contributed by atoms with E-state index in [4.69, 9.17) is 4.74 Å². The van der Waals surface area contributed by atoms with Crippen molar-refractivity contribution in [2.24, 2.45) is 0 Å². The van der Waals surface area contributed by atoms with E-state index in [1.165, 1.54) is 5.56 Å². The fourth-order valence-electron chi connectivity index (χ4n) is 4.03. The number of carbonyl (C=O) groups is 3. The number of carbonyl (C=O) groups excluding carboxylic acids is 3. The molecule has 4 amide bonds. The quantitative estimate of drug-likeness (QED) is 0.658. The monoisotopic (exact) mass is 448 g/mol. The van der Waals surface area contributed by atoms with Crippen LogP contribution in [0.15, 0.2) is 60.7 Å². The molecule has 2 heterocycles. The van der Waals surface area contributed by atoms with Gasteiger partial charge in [0.1, 0.15) is 11.8 Å². The van der Waals surface area contributed by atoms with Crippen LogP contribution in [0, 0.1) is 0 Å². The van der Waals surface area contributed by atoms with Gasteiger partial charge in [0, 0.05) is 32.7 Å². The second kappa shape index (κ2) is 10.3. The first kappa shape index (κ1) is 22.5. The molecule has 172 valence electrons. The van der Waals surface area contributed by atoms with E-state index in [9.17, 15) is 14.4 Å². The topological polar surface area (TPSA) is 82.2 Å². The summed E-state index contributed by atoms with van der Waals surface area (Å²) in [5, 5.41) is 2.64. The smallest absolute Gasteiger partial charge is 0.329 e. The maximum Gasteiger partial charge on any atom is 0.329 e. The molecule has 8 heteroatoms. The predicted octanol–water partition coefficient (Wildman–Crippen LogP) is 2.37. The minimum atomic E-state index is -0.848. The van der Waals surface area contributed by atoms with Gasteiger partial charge in [0.2, 0.25) is 5.91 Å². The van der Waals surface area contributed by atoms with Crippen LogP contribution in [0.5, 0.6) is 5.75 Å². The van der Waals surface area contributed by atoms with E-state index in [-0.39, 0.29) is 12.3 Å². The van der Waals surface area contributed by atoms with Gasteiger partial charge in [-0.1, -0.05) is 42.5 Å². The third kappa shape index (κ3) is 5.40. The Balaban J connectivity index is 1.26. The summed E-state index contributed by atoms with van der Waals surface area (Å²) < 4.78 is 5.11. The van der Waals surface area contributed by atoms with Gasteiger partial charge in [-0.25, -0.2) is 9.69 Å². The van der Waals surface area contributed by atoms with Gasteiger partial charge in [-0.2, -0.15) is 0 Å². The third-order valence-corrected chi connectivity index (χ3v) is 5.93. The van der Waals surface area contributed by atoms with Crippen LogP contribution in [0.3, 0.4) is 0 Å². The summed E-state index contributed by atoms with van der Waals surface area (Å²) in [7, 11) is 1.55. The highest BCUT2D eigenvalue weighted by Crippen LogP contribution is 2.23. The van der Waals surface area contributed by atoms with Crippen molar-refractivity contribution in [3.8, 4) is 5.75 Å². The zero-order chi connectivity index (χ0) is 23.2. The molecule has 33 heavy (non-hydrogen) atoms. The largest absolute Gasteiger partial charge is 0.497 e. The average molecular weight is 449 g/mol. The van der Waals surface area contributed by atoms with Crippen molar-refractivity contribution < 1.29 is 19.1 Å². The van der Waals surface area contributed by atoms with Gasteiger partial charge in [0.25, 0.3) is 5.91 Å². The second-order valence-electron chi connectivity index (χ2n) is 8.07. The molecule has 8 nitrogen and oxygen atoms in total. The van der Waals surface area contributed by atoms with Crippen molar-refractivity contribution in [3.05, 3.63) is 66.2 Å². The molecule has 2 saturated heterocycles. The summed E-state index contributed by atoms with van der Waals surface area (Å²) in [5.74, 6) is 0.0974. The molecule has 0 aliphatic carbocycles. The van der Waals surface area contributed by atoms with Gasteiger partial charge in [-0.3, -0.25) is 14.5 Å². The maximum atomic E-state index is 12.8. The van der Waals surface area contributed by atoms with Crippen molar-refractivity contribution in [3.63, 3.8) is 0 Å². The lowest BCUT2D eigenvalue weighted by Crippen LogP contribution is -2.50. The summed E-state index contributed by atoms with van der Waals surface area (Å²) in [5.41, 5.74) is 1.61. The van der Waals surface area contributed by atoms with Crippen LogP contribution in [-0.2, 0) is 9.59 Å². The minimum Gasteiger partial charge on any atom is -0.497 e. The lowest BCUT2D eigenvalue weighted by molar-refractivity contribution is -0.135. The van der Waals surface area contributed by atoms with Crippen molar-refractivity contribution in [2.45, 2.75) is 12.5 Å². The zero-order valence-electron chi connectivity index (χ0n) is 18.6. The predicted molar refractivity (Wildman–Crippen MR) is 126 cm³/mol. The first-order valence-corrected chi connectivity index (χ1v) is 11.1. The Bertz CT molecular complexity index is 1010. The van der Waals surface area contributed by atoms with E-state index in [2.05, 4.69) is 34.5 Å². The summed E-state index contributed by atoms with van der Waals surface area (Å²) in [4.78, 5) is 43.1. The Morgan fingerprint density at radius 3 is 2.39 bits per heavy atom. The highest BCUT2D eigenvalue weighted by Gasteiger charge is 2.40. The summed E-state index contributed by atoms with van der Waals surface area (Å²) in [6.45, 7) is 3.58. The molecule has 0 spiro atoms. The molecule has 2 aromatic carbocycles. The summed E-state index contributed by atoms with van der Waals surface area (Å²) >= 11 is 0. The van der Waals surface area contributed by atoms with Gasteiger partial charge in [-0.15, -0.1) is 0 Å². The van der Waals surface area contributed by atoms with E-state index in [1.807, 2.05) is 18.2 Å². The third-order valence-electron chi connectivity index (χ3n) is 5.93. The lowest BCUT2D eigenvalue weighted by atomic mass is 10.1. The van der Waals surface area contributed by atoms with Gasteiger partial charge in [0.05, 0.1) is 19.2 Å². The first-order chi connectivity index (χ1) is 16.0. The number of nitrogens with one attached hydrogen (secondary N) is 1. The van der Waals surface area contributed by atoms with Crippen LogP contribution in [0.1, 0.15) is 12.0 Å². The van der Waals surface area contributed by atoms with Crippen LogP contribution >= 0.6 is 0 Å². The van der Waals surface area contributed by atoms with Crippen LogP contribution in [0.4, 0.5) is 10.5 Å². The molecule has 2 aromatic rings. The maximum absolute atomic E-state index is 12.8. The van der Waals surface area contributed by atoms with Gasteiger partial charge < -0.3 is 15.0 Å². The fraction of sp³-hybridized carbons (Fsp3) is 0.320. The van der Waals surface area contributed by atoms with Crippen LogP contribution < -0.4 is 15.0 Å². The number of imide groups is 1. The number of hydrogen-bond donors (Lipinski definition) is 1. The Kier molecular flexibility index (Phi) is 7.04. The number of hydrogen-bond acceptors (Lipinski definition) is 5. The first-order valence-electron chi connectivity index (χ1n) is 11.1. The highest BCUT2D eigenvalue weighted by atomic mass is 16.5. The standard InChI is InChI=1S/C25H28N4O4/c1-33-21-11-9-20(10-12-21)29-24(31)22(26-25(29)32)18-23(30)28-16-14-27(15-17-28)13-5-8-19-6-3-2-4-7-19/h2-12,22H,13-18H2,1H3,(H,26,32)/t22-/m0/s1. The number of nitrogens with zero attached hydrogens (tertiary/aromatic N) is 3. The number of benzene rings is 2. The molecule has 0 aromatic heterocycles. The molecule has 0 saturated carbocycles. The Hall–Kier alpha value is -3.65. The van der Waals surface area contributed by atoms with Crippen molar-refractivity contribution in [2.75, 3.05) is 44.7 Å². The molecule has 1 N–H and O–H groups in total. The summed E-state index contributed by atoms with van der Waals surface area (Å²) in [6.07, 6.45) is 4.19.